The molecule has 8 nitrogen and oxygen atoms in total. The first kappa shape index (κ1) is 17.8. The van der Waals surface area contributed by atoms with Crippen LogP contribution < -0.4 is 10.9 Å². The van der Waals surface area contributed by atoms with Gasteiger partial charge >= 0.3 is 0 Å². The molecule has 0 radical (unpaired) electrons. The number of ether oxygens (including phenoxy) is 1. The van der Waals surface area contributed by atoms with Crippen molar-refractivity contribution in [2.75, 3.05) is 19.8 Å². The minimum absolute atomic E-state index is 0.0405. The number of carbonyl (C=O) groups is 1. The van der Waals surface area contributed by atoms with Crippen LogP contribution in [0.1, 0.15) is 12.5 Å². The summed E-state index contributed by atoms with van der Waals surface area (Å²) in [5.74, 6) is -0.179. The fraction of sp³-hybridized carbons (Fsp3) is 0.333. The van der Waals surface area contributed by atoms with E-state index < -0.39 is 0 Å². The molecule has 0 aliphatic carbocycles. The highest BCUT2D eigenvalue weighted by Gasteiger charge is 2.10. The van der Waals surface area contributed by atoms with Crippen LogP contribution in [0.2, 0.25) is 0 Å². The van der Waals surface area contributed by atoms with Crippen molar-refractivity contribution in [1.29, 1.82) is 0 Å². The van der Waals surface area contributed by atoms with Crippen molar-refractivity contribution >= 4 is 16.9 Å². The zero-order valence-electron chi connectivity index (χ0n) is 14.6. The number of hydrogen-bond donors (Lipinski definition) is 1. The van der Waals surface area contributed by atoms with Crippen molar-refractivity contribution < 1.29 is 9.53 Å². The minimum Gasteiger partial charge on any atom is -0.372 e. The fourth-order valence-corrected chi connectivity index (χ4v) is 2.60. The predicted molar refractivity (Wildman–Crippen MR) is 96.8 cm³/mol. The largest absolute Gasteiger partial charge is 0.372 e. The van der Waals surface area contributed by atoms with Crippen LogP contribution in [0.5, 0.6) is 0 Å². The zero-order valence-corrected chi connectivity index (χ0v) is 14.6. The summed E-state index contributed by atoms with van der Waals surface area (Å²) in [5.41, 5.74) is 1.41. The van der Waals surface area contributed by atoms with Crippen LogP contribution >= 0.6 is 0 Å². The second-order valence-corrected chi connectivity index (χ2v) is 5.76. The monoisotopic (exact) mass is 355 g/mol. The number of carbonyl (C=O) groups excluding carboxylic acids is 1. The van der Waals surface area contributed by atoms with E-state index in [2.05, 4.69) is 15.4 Å². The molecule has 3 rings (SSSR count). The Kier molecular flexibility index (Phi) is 5.75. The summed E-state index contributed by atoms with van der Waals surface area (Å²) in [4.78, 5) is 28.5. The van der Waals surface area contributed by atoms with Crippen molar-refractivity contribution in [1.82, 2.24) is 24.6 Å². The molecule has 2 aromatic heterocycles. The lowest BCUT2D eigenvalue weighted by molar-refractivity contribution is -0.125. The fourth-order valence-electron chi connectivity index (χ4n) is 2.60. The maximum Gasteiger partial charge on any atom is 0.264 e. The highest BCUT2D eigenvalue weighted by atomic mass is 16.5. The van der Waals surface area contributed by atoms with Crippen molar-refractivity contribution in [2.45, 2.75) is 20.0 Å². The molecular weight excluding hydrogens is 334 g/mol. The molecule has 1 amide bonds. The highest BCUT2D eigenvalue weighted by molar-refractivity contribution is 5.77. The molecule has 0 unspecified atom stereocenters. The summed E-state index contributed by atoms with van der Waals surface area (Å²) in [6.45, 7) is 3.64. The van der Waals surface area contributed by atoms with Gasteiger partial charge in [-0.05, 0) is 12.5 Å². The smallest absolute Gasteiger partial charge is 0.264 e. The Morgan fingerprint density at radius 1 is 1.27 bits per heavy atom. The third-order valence-electron chi connectivity index (χ3n) is 3.90. The number of nitrogens with zero attached hydrogens (tertiary/aromatic N) is 4. The summed E-state index contributed by atoms with van der Waals surface area (Å²) < 4.78 is 8.22. The van der Waals surface area contributed by atoms with E-state index in [-0.39, 0.29) is 18.1 Å². The molecule has 0 atom stereocenters. The number of nitrogens with one attached hydrogen (secondary N) is 1. The average molecular weight is 355 g/mol. The van der Waals surface area contributed by atoms with Crippen LogP contribution in [0.3, 0.4) is 0 Å². The van der Waals surface area contributed by atoms with Crippen LogP contribution in [0.15, 0.2) is 47.7 Å². The Morgan fingerprint density at radius 3 is 2.85 bits per heavy atom. The van der Waals surface area contributed by atoms with Gasteiger partial charge in [0.25, 0.3) is 5.56 Å². The third-order valence-corrected chi connectivity index (χ3v) is 3.90. The maximum absolute atomic E-state index is 12.6. The Balaban J connectivity index is 1.69. The molecular formula is C18H21N5O3. The second-order valence-electron chi connectivity index (χ2n) is 5.76. The lowest BCUT2D eigenvalue weighted by Crippen LogP contribution is -2.31. The molecule has 0 spiro atoms. The Hall–Kier alpha value is -3.00. The van der Waals surface area contributed by atoms with Gasteiger partial charge in [0.15, 0.2) is 5.65 Å². The van der Waals surface area contributed by atoms with E-state index >= 15 is 0 Å². The summed E-state index contributed by atoms with van der Waals surface area (Å²) in [6, 6.07) is 9.73. The minimum atomic E-state index is -0.179. The van der Waals surface area contributed by atoms with Crippen molar-refractivity contribution in [3.63, 3.8) is 0 Å². The zero-order chi connectivity index (χ0) is 18.4. The highest BCUT2D eigenvalue weighted by Crippen LogP contribution is 2.07. The Labute approximate surface area is 150 Å². The van der Waals surface area contributed by atoms with E-state index in [1.54, 1.807) is 9.25 Å². The predicted octanol–water partition coefficient (Wildman–Crippen LogP) is 0.794. The first-order valence-corrected chi connectivity index (χ1v) is 8.48. The van der Waals surface area contributed by atoms with E-state index in [4.69, 9.17) is 4.74 Å². The molecule has 136 valence electrons. The molecule has 0 saturated carbocycles. The molecule has 2 heterocycles. The number of benzene rings is 1. The van der Waals surface area contributed by atoms with Gasteiger partial charge in [0.1, 0.15) is 18.3 Å². The van der Waals surface area contributed by atoms with Gasteiger partial charge in [0.2, 0.25) is 5.91 Å². The first-order chi connectivity index (χ1) is 12.7. The number of amides is 1. The van der Waals surface area contributed by atoms with E-state index in [1.165, 1.54) is 12.5 Å². The van der Waals surface area contributed by atoms with Crippen LogP contribution in [0.4, 0.5) is 0 Å². The quantitative estimate of drug-likeness (QED) is 0.645. The third kappa shape index (κ3) is 4.15. The molecule has 3 aromatic rings. The normalized spacial score (nSPS) is 11.0. The van der Waals surface area contributed by atoms with E-state index in [0.717, 1.165) is 5.56 Å². The lowest BCUT2D eigenvalue weighted by Gasteiger charge is -2.07. The van der Waals surface area contributed by atoms with Gasteiger partial charge in [0, 0.05) is 13.2 Å². The van der Waals surface area contributed by atoms with Gasteiger partial charge in [-0.2, -0.15) is 5.10 Å². The van der Waals surface area contributed by atoms with Gasteiger partial charge in [-0.15, -0.1) is 0 Å². The SMILES string of the molecule is CCOCC(=O)NCCn1ncc2c(=O)n(Cc3ccccc3)cnc21. The van der Waals surface area contributed by atoms with E-state index in [1.807, 2.05) is 37.3 Å². The molecule has 0 aliphatic rings. The average Bonchev–Trinajstić information content (AvgIpc) is 3.07. The molecule has 0 saturated heterocycles. The van der Waals surface area contributed by atoms with Gasteiger partial charge in [-0.1, -0.05) is 30.3 Å². The van der Waals surface area contributed by atoms with Gasteiger partial charge < -0.3 is 10.1 Å². The number of hydrogen-bond acceptors (Lipinski definition) is 5. The van der Waals surface area contributed by atoms with Crippen LogP contribution in [0, 0.1) is 0 Å². The van der Waals surface area contributed by atoms with Gasteiger partial charge in [-0.3, -0.25) is 14.2 Å². The van der Waals surface area contributed by atoms with Crippen LogP contribution in [-0.4, -0.2) is 45.0 Å². The number of rotatable bonds is 8. The summed E-state index contributed by atoms with van der Waals surface area (Å²) >= 11 is 0. The van der Waals surface area contributed by atoms with Gasteiger partial charge in [0.05, 0.1) is 19.3 Å². The molecule has 0 aliphatic heterocycles. The molecule has 1 aromatic carbocycles. The number of aromatic nitrogens is 4. The topological polar surface area (TPSA) is 91.0 Å². The lowest BCUT2D eigenvalue weighted by atomic mass is 10.2. The van der Waals surface area contributed by atoms with E-state index in [9.17, 15) is 9.59 Å². The number of fused-ring (bicyclic) bond motifs is 1. The summed E-state index contributed by atoms with van der Waals surface area (Å²) in [6.07, 6.45) is 3.05. The Bertz CT molecular complexity index is 933. The van der Waals surface area contributed by atoms with Crippen molar-refractivity contribution in [3.8, 4) is 0 Å². The van der Waals surface area contributed by atoms with Crippen LogP contribution in [0.25, 0.3) is 11.0 Å². The molecule has 0 bridgehead atoms. The standard InChI is InChI=1S/C18H21N5O3/c1-2-26-12-16(24)19-8-9-23-17-15(10-21-23)18(25)22(13-20-17)11-14-6-4-3-5-7-14/h3-7,10,13H,2,8-9,11-12H2,1H3,(H,19,24). The molecule has 26 heavy (non-hydrogen) atoms. The first-order valence-electron chi connectivity index (χ1n) is 8.48. The van der Waals surface area contributed by atoms with Crippen molar-refractivity contribution in [3.05, 3.63) is 58.8 Å². The Morgan fingerprint density at radius 2 is 2.08 bits per heavy atom. The van der Waals surface area contributed by atoms with Gasteiger partial charge in [-0.25, -0.2) is 9.67 Å². The molecule has 0 fully saturated rings. The summed E-state index contributed by atoms with van der Waals surface area (Å²) in [7, 11) is 0. The van der Waals surface area contributed by atoms with Crippen LogP contribution in [-0.2, 0) is 22.6 Å². The summed E-state index contributed by atoms with van der Waals surface area (Å²) in [5, 5.41) is 7.43. The second kappa shape index (κ2) is 8.39. The van der Waals surface area contributed by atoms with Crippen molar-refractivity contribution in [2.24, 2.45) is 0 Å². The molecule has 1 N–H and O–H groups in total. The maximum atomic E-state index is 12.6. The molecule has 8 heteroatoms. The van der Waals surface area contributed by atoms with E-state index in [0.29, 0.717) is 37.3 Å².